The average molecular weight is 398 g/mol. The van der Waals surface area contributed by atoms with Crippen LogP contribution in [0.2, 0.25) is 0 Å². The fourth-order valence-corrected chi connectivity index (χ4v) is 5.27. The Morgan fingerprint density at radius 3 is 2.76 bits per heavy atom. The first kappa shape index (κ1) is 18.7. The van der Waals surface area contributed by atoms with Gasteiger partial charge in [0.1, 0.15) is 0 Å². The number of aliphatic hydroxyl groups excluding tert-OH is 1. The van der Waals surface area contributed by atoms with Gasteiger partial charge in [-0.15, -0.1) is 10.2 Å². The molecule has 2 bridgehead atoms. The minimum absolute atomic E-state index is 0.0607. The second-order valence-electron chi connectivity index (χ2n) is 8.42. The van der Waals surface area contributed by atoms with Crippen molar-refractivity contribution in [2.45, 2.75) is 31.3 Å². The normalized spacial score (nSPS) is 33.6. The summed E-state index contributed by atoms with van der Waals surface area (Å²) in [5, 5.41) is 23.1. The smallest absolute Gasteiger partial charge is 0.232 e. The minimum Gasteiger partial charge on any atom is -0.390 e. The number of nitrogens with zero attached hydrogens (tertiary/aromatic N) is 6. The van der Waals surface area contributed by atoms with Crippen molar-refractivity contribution in [3.8, 4) is 0 Å². The van der Waals surface area contributed by atoms with E-state index < -0.39 is 6.10 Å². The van der Waals surface area contributed by atoms with Gasteiger partial charge in [-0.2, -0.15) is 4.80 Å². The summed E-state index contributed by atoms with van der Waals surface area (Å²) in [6.07, 6.45) is -0.391. The summed E-state index contributed by atoms with van der Waals surface area (Å²) in [5.74, 6) is 0.729. The average Bonchev–Trinajstić information content (AvgIpc) is 3.44. The lowest BCUT2D eigenvalue weighted by molar-refractivity contribution is -0.139. The number of para-hydroxylation sites is 1. The van der Waals surface area contributed by atoms with Crippen molar-refractivity contribution in [1.82, 2.24) is 25.1 Å². The Morgan fingerprint density at radius 2 is 2.03 bits per heavy atom. The lowest BCUT2D eigenvalue weighted by Crippen LogP contribution is -2.47. The Kier molecular flexibility index (Phi) is 4.60. The van der Waals surface area contributed by atoms with E-state index >= 15 is 0 Å². The van der Waals surface area contributed by atoms with Gasteiger partial charge in [0.15, 0.2) is 5.82 Å². The van der Waals surface area contributed by atoms with Gasteiger partial charge in [-0.3, -0.25) is 9.69 Å². The lowest BCUT2D eigenvalue weighted by Gasteiger charge is -2.36. The van der Waals surface area contributed by atoms with Crippen molar-refractivity contribution >= 4 is 11.6 Å². The first-order chi connectivity index (χ1) is 14.0. The zero-order chi connectivity index (χ0) is 20.1. The number of anilines is 1. The molecular formula is C20H26N6O3. The van der Waals surface area contributed by atoms with Gasteiger partial charge in [0.05, 0.1) is 37.8 Å². The summed E-state index contributed by atoms with van der Waals surface area (Å²) in [6, 6.07) is 9.66. The van der Waals surface area contributed by atoms with E-state index in [4.69, 9.17) is 4.74 Å². The van der Waals surface area contributed by atoms with Crippen molar-refractivity contribution in [3.63, 3.8) is 0 Å². The predicted octanol–water partition coefficient (Wildman–Crippen LogP) is 0.0693. The maximum Gasteiger partial charge on any atom is 0.232 e. The number of fused-ring (bicyclic) bond motifs is 4. The van der Waals surface area contributed by atoms with E-state index in [2.05, 4.69) is 20.3 Å². The van der Waals surface area contributed by atoms with Gasteiger partial charge in [0.25, 0.3) is 0 Å². The van der Waals surface area contributed by atoms with Crippen LogP contribution in [0.1, 0.15) is 12.2 Å². The van der Waals surface area contributed by atoms with Gasteiger partial charge in [0, 0.05) is 37.7 Å². The molecule has 3 fully saturated rings. The monoisotopic (exact) mass is 398 g/mol. The molecule has 3 saturated heterocycles. The summed E-state index contributed by atoms with van der Waals surface area (Å²) in [4.78, 5) is 18.7. The molecular weight excluding hydrogens is 372 g/mol. The number of aliphatic hydroxyl groups is 1. The molecule has 1 N–H and O–H groups in total. The number of rotatable bonds is 4. The van der Waals surface area contributed by atoms with Crippen LogP contribution in [0.4, 0.5) is 5.69 Å². The van der Waals surface area contributed by atoms with Crippen LogP contribution < -0.4 is 4.90 Å². The third-order valence-corrected chi connectivity index (χ3v) is 6.65. The Labute approximate surface area is 169 Å². The number of carbonyl (C=O) groups is 1. The molecule has 154 valence electrons. The topological polar surface area (TPSA) is 96.6 Å². The number of likely N-dealkylation sites (tertiary alicyclic amines) is 1. The Hall–Kier alpha value is -2.36. The Balaban J connectivity index is 1.33. The van der Waals surface area contributed by atoms with Crippen LogP contribution in [-0.4, -0.2) is 74.6 Å². The minimum atomic E-state index is -0.545. The largest absolute Gasteiger partial charge is 0.390 e. The van der Waals surface area contributed by atoms with Gasteiger partial charge >= 0.3 is 0 Å². The van der Waals surface area contributed by atoms with Crippen molar-refractivity contribution in [2.24, 2.45) is 24.8 Å². The van der Waals surface area contributed by atoms with Gasteiger partial charge in [0.2, 0.25) is 5.91 Å². The van der Waals surface area contributed by atoms with E-state index in [1.165, 1.54) is 4.80 Å². The molecule has 5 rings (SSSR count). The summed E-state index contributed by atoms with van der Waals surface area (Å²) < 4.78 is 6.17. The standard InChI is InChI=1S/C20H26N6O3/c1-24(12-6-4-3-5-7-12)20(28)13-8-16-18(27)14-9-26(10-15(14)19(13)29-16)11-17-21-23-25(2)22-17/h3-7,13-16,18-19,27H,8-11H2,1-2H3/t13?,14-,15+,16+,18+,19-/m1/s1. The van der Waals surface area contributed by atoms with E-state index in [0.29, 0.717) is 18.8 Å². The van der Waals surface area contributed by atoms with Crippen LogP contribution in [0.15, 0.2) is 30.3 Å². The fraction of sp³-hybridized carbons (Fsp3) is 0.600. The number of tetrazole rings is 1. The predicted molar refractivity (Wildman–Crippen MR) is 104 cm³/mol. The zero-order valence-corrected chi connectivity index (χ0v) is 16.6. The summed E-state index contributed by atoms with van der Waals surface area (Å²) in [6.45, 7) is 2.11. The van der Waals surface area contributed by atoms with Crippen LogP contribution in [-0.2, 0) is 23.1 Å². The number of hydrogen-bond donors (Lipinski definition) is 1. The summed E-state index contributed by atoms with van der Waals surface area (Å²) in [7, 11) is 3.56. The summed E-state index contributed by atoms with van der Waals surface area (Å²) >= 11 is 0. The molecule has 9 nitrogen and oxygen atoms in total. The van der Waals surface area contributed by atoms with E-state index in [-0.39, 0.29) is 35.9 Å². The lowest BCUT2D eigenvalue weighted by atomic mass is 9.83. The number of aromatic nitrogens is 4. The van der Waals surface area contributed by atoms with Gasteiger partial charge < -0.3 is 14.7 Å². The molecule has 6 atom stereocenters. The van der Waals surface area contributed by atoms with E-state index in [0.717, 1.165) is 18.8 Å². The molecule has 3 aliphatic rings. The number of hydrogen-bond acceptors (Lipinski definition) is 7. The summed E-state index contributed by atoms with van der Waals surface area (Å²) in [5.41, 5.74) is 0.873. The molecule has 29 heavy (non-hydrogen) atoms. The molecule has 3 aliphatic heterocycles. The van der Waals surface area contributed by atoms with E-state index in [9.17, 15) is 9.90 Å². The molecule has 1 aromatic heterocycles. The number of aryl methyl sites for hydroxylation is 1. The van der Waals surface area contributed by atoms with Crippen LogP contribution in [0.25, 0.3) is 0 Å². The Morgan fingerprint density at radius 1 is 1.28 bits per heavy atom. The molecule has 1 unspecified atom stereocenters. The van der Waals surface area contributed by atoms with Crippen molar-refractivity contribution in [3.05, 3.63) is 36.2 Å². The molecule has 1 aromatic carbocycles. The molecule has 4 heterocycles. The first-order valence-electron chi connectivity index (χ1n) is 10.1. The number of carbonyl (C=O) groups excluding carboxylic acids is 1. The van der Waals surface area contributed by atoms with Crippen molar-refractivity contribution in [1.29, 1.82) is 0 Å². The third-order valence-electron chi connectivity index (χ3n) is 6.65. The highest BCUT2D eigenvalue weighted by molar-refractivity contribution is 5.95. The number of ether oxygens (including phenoxy) is 1. The molecule has 0 saturated carbocycles. The molecule has 0 spiro atoms. The van der Waals surface area contributed by atoms with Gasteiger partial charge in [-0.05, 0) is 23.8 Å². The SMILES string of the molecule is CN(C(=O)C1C[C@@H]2O[C@H]1[C@H]1CN(Cc3nnn(C)n3)C[C@H]1[C@@H]2O)c1ccccc1. The number of amides is 1. The second kappa shape index (κ2) is 7.16. The van der Waals surface area contributed by atoms with Crippen molar-refractivity contribution in [2.75, 3.05) is 25.0 Å². The van der Waals surface area contributed by atoms with Gasteiger partial charge in [-0.25, -0.2) is 0 Å². The molecule has 1 amide bonds. The van der Waals surface area contributed by atoms with Crippen LogP contribution in [0.5, 0.6) is 0 Å². The van der Waals surface area contributed by atoms with Crippen LogP contribution in [0, 0.1) is 17.8 Å². The van der Waals surface area contributed by atoms with E-state index in [1.807, 2.05) is 37.4 Å². The van der Waals surface area contributed by atoms with Crippen LogP contribution >= 0.6 is 0 Å². The van der Waals surface area contributed by atoms with Gasteiger partial charge in [-0.1, -0.05) is 18.2 Å². The fourth-order valence-electron chi connectivity index (χ4n) is 5.27. The maximum absolute atomic E-state index is 13.3. The maximum atomic E-state index is 13.3. The molecule has 0 radical (unpaired) electrons. The number of benzene rings is 1. The highest BCUT2D eigenvalue weighted by Crippen LogP contribution is 2.47. The second-order valence-corrected chi connectivity index (χ2v) is 8.42. The highest BCUT2D eigenvalue weighted by atomic mass is 16.5. The molecule has 9 heteroatoms. The first-order valence-corrected chi connectivity index (χ1v) is 10.1. The quantitative estimate of drug-likeness (QED) is 0.778. The van der Waals surface area contributed by atoms with E-state index in [1.54, 1.807) is 11.9 Å². The highest BCUT2D eigenvalue weighted by Gasteiger charge is 2.58. The Bertz CT molecular complexity index is 889. The van der Waals surface area contributed by atoms with Crippen LogP contribution in [0.3, 0.4) is 0 Å². The zero-order valence-electron chi connectivity index (χ0n) is 16.6. The van der Waals surface area contributed by atoms with Crippen molar-refractivity contribution < 1.29 is 14.6 Å². The molecule has 0 aliphatic carbocycles. The third kappa shape index (κ3) is 3.23. The molecule has 2 aromatic rings.